The van der Waals surface area contributed by atoms with Gasteiger partial charge < -0.3 is 10.5 Å². The van der Waals surface area contributed by atoms with Gasteiger partial charge in [0.15, 0.2) is 11.6 Å². The first-order valence-electron chi connectivity index (χ1n) is 8.46. The number of ether oxygens (including phenoxy) is 1. The molecule has 1 fully saturated rings. The molecule has 2 aromatic rings. The molecule has 9 nitrogen and oxygen atoms in total. The summed E-state index contributed by atoms with van der Waals surface area (Å²) in [5, 5.41) is 0. The lowest BCUT2D eigenvalue weighted by Crippen LogP contribution is -2.34. The zero-order valence-corrected chi connectivity index (χ0v) is 15.8. The second kappa shape index (κ2) is 7.68. The maximum atomic E-state index is 13.6. The van der Waals surface area contributed by atoms with Crippen LogP contribution in [0.15, 0.2) is 40.2 Å². The Labute approximate surface area is 160 Å². The van der Waals surface area contributed by atoms with E-state index in [-0.39, 0.29) is 10.5 Å². The molecule has 0 bridgehead atoms. The van der Waals surface area contributed by atoms with Crippen LogP contribution in [0.2, 0.25) is 0 Å². The predicted molar refractivity (Wildman–Crippen MR) is 97.6 cm³/mol. The molecule has 150 valence electrons. The van der Waals surface area contributed by atoms with Gasteiger partial charge in [-0.25, -0.2) is 27.1 Å². The number of nitrogens with zero attached hydrogens (tertiary/aromatic N) is 2. The molecular formula is C17H19FN4O5S. The number of rotatable bonds is 5. The molecule has 2 atom stereocenters. The van der Waals surface area contributed by atoms with Gasteiger partial charge in [-0.1, -0.05) is 6.07 Å². The van der Waals surface area contributed by atoms with Crippen LogP contribution in [0.25, 0.3) is 0 Å². The zero-order chi connectivity index (χ0) is 20.5. The van der Waals surface area contributed by atoms with Crippen molar-refractivity contribution in [1.82, 2.24) is 14.3 Å². The van der Waals surface area contributed by atoms with Crippen molar-refractivity contribution in [2.75, 3.05) is 12.8 Å². The molecule has 0 saturated heterocycles. The molecule has 1 heterocycles. The largest absolute Gasteiger partial charge is 0.465 e. The monoisotopic (exact) mass is 410 g/mol. The van der Waals surface area contributed by atoms with E-state index in [9.17, 15) is 22.4 Å². The van der Waals surface area contributed by atoms with Gasteiger partial charge >= 0.3 is 11.7 Å². The lowest BCUT2D eigenvalue weighted by Gasteiger charge is -2.16. The zero-order valence-electron chi connectivity index (χ0n) is 15.0. The van der Waals surface area contributed by atoms with Gasteiger partial charge in [-0.3, -0.25) is 4.57 Å². The minimum Gasteiger partial charge on any atom is -0.465 e. The Bertz CT molecular complexity index is 1070. The second-order valence-electron chi connectivity index (χ2n) is 6.47. The molecule has 0 radical (unpaired) electrons. The number of hydrogen-bond donors (Lipinski definition) is 2. The Hall–Kier alpha value is -2.79. The number of nitrogens with two attached hydrogens (primary N) is 1. The summed E-state index contributed by atoms with van der Waals surface area (Å²) < 4.78 is 47.2. The fraction of sp³-hybridized carbons (Fsp3) is 0.353. The summed E-state index contributed by atoms with van der Waals surface area (Å²) in [4.78, 5) is 26.9. The van der Waals surface area contributed by atoms with Crippen molar-refractivity contribution in [3.05, 3.63) is 52.3 Å². The molecule has 3 rings (SSSR count). The average Bonchev–Trinajstić information content (AvgIpc) is 3.11. The Morgan fingerprint density at radius 3 is 2.86 bits per heavy atom. The van der Waals surface area contributed by atoms with E-state index in [1.807, 2.05) is 0 Å². The molecule has 0 aliphatic heterocycles. The molecule has 1 aromatic heterocycles. The van der Waals surface area contributed by atoms with Crippen LogP contribution in [0.3, 0.4) is 0 Å². The maximum Gasteiger partial charge on any atom is 0.349 e. The first-order chi connectivity index (χ1) is 13.2. The van der Waals surface area contributed by atoms with Crippen LogP contribution in [0.4, 0.5) is 10.2 Å². The Kier molecular flexibility index (Phi) is 5.47. The predicted octanol–water partition coefficient (Wildman–Crippen LogP) is 0.823. The molecule has 0 spiro atoms. The highest BCUT2D eigenvalue weighted by molar-refractivity contribution is 7.89. The molecule has 1 aliphatic rings. The molecule has 0 amide bonds. The van der Waals surface area contributed by atoms with Crippen molar-refractivity contribution in [2.45, 2.75) is 36.2 Å². The minimum atomic E-state index is -3.89. The van der Waals surface area contributed by atoms with Crippen molar-refractivity contribution < 1.29 is 22.3 Å². The third-order valence-corrected chi connectivity index (χ3v) is 6.14. The van der Waals surface area contributed by atoms with E-state index in [0.29, 0.717) is 19.3 Å². The van der Waals surface area contributed by atoms with Gasteiger partial charge in [0.25, 0.3) is 0 Å². The van der Waals surface area contributed by atoms with Gasteiger partial charge in [0.05, 0.1) is 17.6 Å². The fourth-order valence-corrected chi connectivity index (χ4v) is 4.56. The van der Waals surface area contributed by atoms with E-state index >= 15 is 0 Å². The summed E-state index contributed by atoms with van der Waals surface area (Å²) in [6.07, 6.45) is 2.21. The highest BCUT2D eigenvalue weighted by atomic mass is 32.2. The molecule has 1 saturated carbocycles. The SMILES string of the molecule is COC(=O)c1cccc(S(=O)(=O)N[C@H]2CC[C@H](n3cc(F)c(N)nc3=O)C2)c1. The number of hydrogen-bond acceptors (Lipinski definition) is 7. The van der Waals surface area contributed by atoms with Crippen LogP contribution in [0, 0.1) is 5.82 Å². The number of methoxy groups -OCH3 is 1. The number of nitrogens with one attached hydrogen (secondary N) is 1. The lowest BCUT2D eigenvalue weighted by atomic mass is 10.2. The summed E-state index contributed by atoms with van der Waals surface area (Å²) in [5.41, 5.74) is 4.72. The molecular weight excluding hydrogens is 391 g/mol. The lowest BCUT2D eigenvalue weighted by molar-refractivity contribution is 0.0600. The molecule has 3 N–H and O–H groups in total. The van der Waals surface area contributed by atoms with Crippen LogP contribution < -0.4 is 16.1 Å². The van der Waals surface area contributed by atoms with Crippen LogP contribution in [-0.4, -0.2) is 37.1 Å². The molecule has 0 unspecified atom stereocenters. The normalized spacial score (nSPS) is 19.5. The molecule has 1 aliphatic carbocycles. The van der Waals surface area contributed by atoms with E-state index in [4.69, 9.17) is 5.73 Å². The number of sulfonamides is 1. The van der Waals surface area contributed by atoms with Crippen molar-refractivity contribution in [1.29, 1.82) is 0 Å². The highest BCUT2D eigenvalue weighted by Gasteiger charge is 2.31. The maximum absolute atomic E-state index is 13.6. The minimum absolute atomic E-state index is 0.0730. The number of carbonyl (C=O) groups excluding carboxylic acids is 1. The number of benzene rings is 1. The fourth-order valence-electron chi connectivity index (χ4n) is 3.23. The van der Waals surface area contributed by atoms with Crippen molar-refractivity contribution in [3.63, 3.8) is 0 Å². The summed E-state index contributed by atoms with van der Waals surface area (Å²) >= 11 is 0. The first kappa shape index (κ1) is 20.0. The van der Waals surface area contributed by atoms with Crippen LogP contribution >= 0.6 is 0 Å². The highest BCUT2D eigenvalue weighted by Crippen LogP contribution is 2.30. The van der Waals surface area contributed by atoms with Crippen molar-refractivity contribution in [3.8, 4) is 0 Å². The number of halogens is 1. The number of aromatic nitrogens is 2. The Morgan fingerprint density at radius 2 is 2.14 bits per heavy atom. The van der Waals surface area contributed by atoms with Gasteiger partial charge in [0.2, 0.25) is 10.0 Å². The topological polar surface area (TPSA) is 133 Å². The quantitative estimate of drug-likeness (QED) is 0.697. The molecule has 1 aromatic carbocycles. The van der Waals surface area contributed by atoms with Gasteiger partial charge in [0, 0.05) is 18.3 Å². The Balaban J connectivity index is 1.76. The number of esters is 1. The standard InChI is InChI=1S/C17H19FN4O5S/c1-27-16(23)10-3-2-4-13(7-10)28(25,26)21-11-5-6-12(8-11)22-9-14(18)15(19)20-17(22)24/h2-4,7,9,11-12,21H,5-6,8H2,1H3,(H2,19,20,24)/t11-,12-/m0/s1. The van der Waals surface area contributed by atoms with Crippen molar-refractivity contribution >= 4 is 21.8 Å². The van der Waals surface area contributed by atoms with Crippen LogP contribution in [0.1, 0.15) is 35.7 Å². The Morgan fingerprint density at radius 1 is 1.39 bits per heavy atom. The van der Waals surface area contributed by atoms with E-state index < -0.39 is 45.4 Å². The molecule has 28 heavy (non-hydrogen) atoms. The van der Waals surface area contributed by atoms with Gasteiger partial charge in [-0.15, -0.1) is 0 Å². The first-order valence-corrected chi connectivity index (χ1v) is 9.94. The van der Waals surface area contributed by atoms with E-state index in [1.165, 1.54) is 31.4 Å². The van der Waals surface area contributed by atoms with E-state index in [2.05, 4.69) is 14.4 Å². The number of nitrogen functional groups attached to an aromatic ring is 1. The van der Waals surface area contributed by atoms with Crippen LogP contribution in [-0.2, 0) is 14.8 Å². The summed E-state index contributed by atoms with van der Waals surface area (Å²) in [6.45, 7) is 0. The van der Waals surface area contributed by atoms with Crippen molar-refractivity contribution in [2.24, 2.45) is 0 Å². The molecule has 11 heteroatoms. The average molecular weight is 410 g/mol. The van der Waals surface area contributed by atoms with Gasteiger partial charge in [-0.2, -0.15) is 4.98 Å². The number of anilines is 1. The van der Waals surface area contributed by atoms with E-state index in [1.54, 1.807) is 0 Å². The number of carbonyl (C=O) groups is 1. The van der Waals surface area contributed by atoms with E-state index in [0.717, 1.165) is 10.8 Å². The third kappa shape index (κ3) is 4.04. The van der Waals surface area contributed by atoms with Gasteiger partial charge in [0.1, 0.15) is 0 Å². The second-order valence-corrected chi connectivity index (χ2v) is 8.18. The summed E-state index contributed by atoms with van der Waals surface area (Å²) in [5.74, 6) is -1.92. The van der Waals surface area contributed by atoms with Gasteiger partial charge in [-0.05, 0) is 37.5 Å². The third-order valence-electron chi connectivity index (χ3n) is 4.62. The summed E-state index contributed by atoms with van der Waals surface area (Å²) in [6, 6.07) is 4.63. The summed E-state index contributed by atoms with van der Waals surface area (Å²) in [7, 11) is -2.69. The van der Waals surface area contributed by atoms with Crippen LogP contribution in [0.5, 0.6) is 0 Å². The smallest absolute Gasteiger partial charge is 0.349 e.